The van der Waals surface area contributed by atoms with Gasteiger partial charge in [0.2, 0.25) is 0 Å². The van der Waals surface area contributed by atoms with Gasteiger partial charge in [0, 0.05) is 12.1 Å². The summed E-state index contributed by atoms with van der Waals surface area (Å²) < 4.78 is 58.3. The summed E-state index contributed by atoms with van der Waals surface area (Å²) in [5, 5.41) is 0. The first kappa shape index (κ1) is 23.1. The molecular formula is C23H19F2NO5S. The van der Waals surface area contributed by atoms with Gasteiger partial charge in [-0.2, -0.15) is 0 Å². The Kier molecular flexibility index (Phi) is 6.99. The van der Waals surface area contributed by atoms with Crippen molar-refractivity contribution in [3.63, 3.8) is 0 Å². The SMILES string of the molecule is CCN(c1ccccc1)S(=O)(=O)c1ccc(C(=O)OCC(=O)c2ccc(F)c(F)c2)cc1. The second-order valence-electron chi connectivity index (χ2n) is 6.66. The van der Waals surface area contributed by atoms with Crippen molar-refractivity contribution in [2.45, 2.75) is 11.8 Å². The van der Waals surface area contributed by atoms with Crippen molar-refractivity contribution in [3.05, 3.63) is 95.6 Å². The van der Waals surface area contributed by atoms with Gasteiger partial charge in [-0.3, -0.25) is 9.10 Å². The highest BCUT2D eigenvalue weighted by molar-refractivity contribution is 7.92. The molecule has 0 unspecified atom stereocenters. The molecule has 9 heteroatoms. The number of anilines is 1. The van der Waals surface area contributed by atoms with Gasteiger partial charge >= 0.3 is 5.97 Å². The van der Waals surface area contributed by atoms with Crippen LogP contribution in [0.4, 0.5) is 14.5 Å². The number of rotatable bonds is 8. The molecule has 0 amide bonds. The van der Waals surface area contributed by atoms with Crippen LogP contribution < -0.4 is 4.31 Å². The summed E-state index contributed by atoms with van der Waals surface area (Å²) in [5.74, 6) is -3.85. The van der Waals surface area contributed by atoms with E-state index in [0.717, 1.165) is 18.2 Å². The van der Waals surface area contributed by atoms with Crippen molar-refractivity contribution in [1.82, 2.24) is 0 Å². The van der Waals surface area contributed by atoms with Gasteiger partial charge in [0.25, 0.3) is 10.0 Å². The Balaban J connectivity index is 1.69. The molecule has 6 nitrogen and oxygen atoms in total. The van der Waals surface area contributed by atoms with E-state index in [0.29, 0.717) is 5.69 Å². The van der Waals surface area contributed by atoms with E-state index < -0.39 is 40.0 Å². The molecule has 0 N–H and O–H groups in total. The fourth-order valence-electron chi connectivity index (χ4n) is 2.94. The van der Waals surface area contributed by atoms with E-state index in [-0.39, 0.29) is 22.6 Å². The number of ketones is 1. The Morgan fingerprint density at radius 3 is 2.09 bits per heavy atom. The lowest BCUT2D eigenvalue weighted by molar-refractivity contribution is 0.0474. The lowest BCUT2D eigenvalue weighted by atomic mass is 10.1. The van der Waals surface area contributed by atoms with Crippen molar-refractivity contribution in [1.29, 1.82) is 0 Å². The number of para-hydroxylation sites is 1. The van der Waals surface area contributed by atoms with Gasteiger partial charge < -0.3 is 4.74 Å². The Hall–Kier alpha value is -3.59. The minimum atomic E-state index is -3.86. The minimum absolute atomic E-state index is 0.0161. The minimum Gasteiger partial charge on any atom is -0.454 e. The number of benzene rings is 3. The molecule has 3 rings (SSSR count). The molecule has 0 saturated heterocycles. The number of carbonyl (C=O) groups excluding carboxylic acids is 2. The summed E-state index contributed by atoms with van der Waals surface area (Å²) in [6.45, 7) is 1.24. The normalized spacial score (nSPS) is 11.1. The topological polar surface area (TPSA) is 80.8 Å². The van der Waals surface area contributed by atoms with E-state index in [1.54, 1.807) is 37.3 Å². The zero-order valence-corrected chi connectivity index (χ0v) is 17.8. The van der Waals surface area contributed by atoms with Gasteiger partial charge in [0.05, 0.1) is 16.1 Å². The molecule has 0 atom stereocenters. The summed E-state index contributed by atoms with van der Waals surface area (Å²) in [7, 11) is -3.86. The summed E-state index contributed by atoms with van der Waals surface area (Å²) in [4.78, 5) is 24.2. The molecule has 0 spiro atoms. The molecule has 0 aliphatic carbocycles. The van der Waals surface area contributed by atoms with Crippen molar-refractivity contribution in [2.24, 2.45) is 0 Å². The molecule has 0 bridgehead atoms. The molecule has 32 heavy (non-hydrogen) atoms. The molecule has 0 heterocycles. The molecule has 0 aromatic heterocycles. The number of carbonyl (C=O) groups is 2. The zero-order valence-electron chi connectivity index (χ0n) is 17.0. The second kappa shape index (κ2) is 9.69. The van der Waals surface area contributed by atoms with Gasteiger partial charge in [-0.25, -0.2) is 22.0 Å². The largest absolute Gasteiger partial charge is 0.454 e. The number of Topliss-reactive ketones (excluding diaryl/α,β-unsaturated/α-hetero) is 1. The molecule has 0 aliphatic rings. The number of ether oxygens (including phenoxy) is 1. The Labute approximate surface area is 184 Å². The first-order chi connectivity index (χ1) is 15.2. The Morgan fingerprint density at radius 1 is 0.875 bits per heavy atom. The van der Waals surface area contributed by atoms with Crippen molar-refractivity contribution in [3.8, 4) is 0 Å². The van der Waals surface area contributed by atoms with E-state index in [9.17, 15) is 26.8 Å². The maximum Gasteiger partial charge on any atom is 0.338 e. The number of hydrogen-bond acceptors (Lipinski definition) is 5. The van der Waals surface area contributed by atoms with Crippen LogP contribution in [-0.4, -0.2) is 33.3 Å². The highest BCUT2D eigenvalue weighted by atomic mass is 32.2. The molecule has 3 aromatic carbocycles. The van der Waals surface area contributed by atoms with Gasteiger partial charge in [-0.1, -0.05) is 18.2 Å². The van der Waals surface area contributed by atoms with Crippen LogP contribution in [0.25, 0.3) is 0 Å². The smallest absolute Gasteiger partial charge is 0.338 e. The number of nitrogens with zero attached hydrogens (tertiary/aromatic N) is 1. The average Bonchev–Trinajstić information content (AvgIpc) is 2.80. The predicted octanol–water partition coefficient (Wildman–Crippen LogP) is 4.22. The van der Waals surface area contributed by atoms with E-state index >= 15 is 0 Å². The van der Waals surface area contributed by atoms with Crippen LogP contribution in [0.15, 0.2) is 77.7 Å². The first-order valence-electron chi connectivity index (χ1n) is 9.57. The van der Waals surface area contributed by atoms with E-state index in [1.165, 1.54) is 28.6 Å². The fraction of sp³-hybridized carbons (Fsp3) is 0.130. The number of hydrogen-bond donors (Lipinski definition) is 0. The van der Waals surface area contributed by atoms with Crippen LogP contribution in [-0.2, 0) is 14.8 Å². The molecule has 0 aliphatic heterocycles. The highest BCUT2D eigenvalue weighted by Gasteiger charge is 2.24. The monoisotopic (exact) mass is 459 g/mol. The quantitative estimate of drug-likeness (QED) is 0.372. The van der Waals surface area contributed by atoms with Crippen molar-refractivity contribution in [2.75, 3.05) is 17.5 Å². The van der Waals surface area contributed by atoms with E-state index in [1.807, 2.05) is 0 Å². The van der Waals surface area contributed by atoms with Crippen LogP contribution in [0.5, 0.6) is 0 Å². The summed E-state index contributed by atoms with van der Waals surface area (Å²) in [5.41, 5.74) is 0.401. The molecule has 0 saturated carbocycles. The molecule has 0 fully saturated rings. The maximum atomic E-state index is 13.2. The van der Waals surface area contributed by atoms with E-state index in [4.69, 9.17) is 4.74 Å². The van der Waals surface area contributed by atoms with Gasteiger partial charge in [-0.05, 0) is 61.5 Å². The summed E-state index contributed by atoms with van der Waals surface area (Å²) in [6.07, 6.45) is 0. The second-order valence-corrected chi connectivity index (χ2v) is 8.52. The fourth-order valence-corrected chi connectivity index (χ4v) is 4.42. The maximum absolute atomic E-state index is 13.2. The number of sulfonamides is 1. The van der Waals surface area contributed by atoms with Crippen LogP contribution >= 0.6 is 0 Å². The third kappa shape index (κ3) is 5.00. The van der Waals surface area contributed by atoms with Gasteiger partial charge in [0.1, 0.15) is 0 Å². The van der Waals surface area contributed by atoms with Crippen LogP contribution in [0.1, 0.15) is 27.6 Å². The molecule has 0 radical (unpaired) electrons. The zero-order chi connectivity index (χ0) is 23.3. The van der Waals surface area contributed by atoms with Gasteiger partial charge in [-0.15, -0.1) is 0 Å². The molecule has 3 aromatic rings. The van der Waals surface area contributed by atoms with Crippen LogP contribution in [0.2, 0.25) is 0 Å². The van der Waals surface area contributed by atoms with Crippen molar-refractivity contribution < 1.29 is 31.5 Å². The van der Waals surface area contributed by atoms with Crippen LogP contribution in [0, 0.1) is 11.6 Å². The van der Waals surface area contributed by atoms with Crippen molar-refractivity contribution >= 4 is 27.5 Å². The molecule has 166 valence electrons. The Bertz CT molecular complexity index is 1230. The Morgan fingerprint density at radius 2 is 1.50 bits per heavy atom. The number of esters is 1. The van der Waals surface area contributed by atoms with Gasteiger partial charge in [0.15, 0.2) is 24.0 Å². The third-order valence-corrected chi connectivity index (χ3v) is 6.50. The first-order valence-corrected chi connectivity index (χ1v) is 11.0. The average molecular weight is 459 g/mol. The lowest BCUT2D eigenvalue weighted by Gasteiger charge is -2.22. The number of halogens is 2. The third-order valence-electron chi connectivity index (χ3n) is 4.59. The van der Waals surface area contributed by atoms with E-state index in [2.05, 4.69) is 0 Å². The predicted molar refractivity (Wildman–Crippen MR) is 114 cm³/mol. The van der Waals surface area contributed by atoms with Crippen LogP contribution in [0.3, 0.4) is 0 Å². The highest BCUT2D eigenvalue weighted by Crippen LogP contribution is 2.23. The summed E-state index contributed by atoms with van der Waals surface area (Å²) in [6, 6.07) is 16.3. The molecular weight excluding hydrogens is 440 g/mol. The summed E-state index contributed by atoms with van der Waals surface area (Å²) >= 11 is 0. The lowest BCUT2D eigenvalue weighted by Crippen LogP contribution is -2.30. The standard InChI is InChI=1S/C23H19F2NO5S/c1-2-26(18-6-4-3-5-7-18)32(29,30)19-11-8-16(9-12-19)23(28)31-15-22(27)17-10-13-20(24)21(25)14-17/h3-14H,2,15H2,1H3.